The molecule has 0 rings (SSSR count). The van der Waals surface area contributed by atoms with E-state index in [4.69, 9.17) is 38.5 Å². The third-order valence-corrected chi connectivity index (χ3v) is 0. The molecule has 0 bridgehead atoms. The van der Waals surface area contributed by atoms with Gasteiger partial charge in [0.2, 0.25) is 0 Å². The van der Waals surface area contributed by atoms with Crippen LogP contribution < -0.4 is 29.4 Å². The summed E-state index contributed by atoms with van der Waals surface area (Å²) in [6.07, 6.45) is 0. The molecule has 0 saturated carbocycles. The first kappa shape index (κ1) is 36.0. The second kappa shape index (κ2) is 14.7. The van der Waals surface area contributed by atoms with Crippen LogP contribution in [0.4, 0.5) is 0 Å². The van der Waals surface area contributed by atoms with E-state index in [0.717, 1.165) is 0 Å². The maximum Gasteiger partial charge on any atom is 0 e. The number of phosphoric acid groups is 2. The van der Waals surface area contributed by atoms with Crippen molar-refractivity contribution < 1.29 is 95.2 Å². The second-order valence-electron chi connectivity index (χ2n) is 0.894. The molecule has 0 saturated heterocycles. The van der Waals surface area contributed by atoms with E-state index >= 15 is 0 Å². The molecule has 0 heterocycles. The van der Waals surface area contributed by atoms with Crippen molar-refractivity contribution in [1.82, 2.24) is 0 Å². The average molecular weight is 373 g/mol. The maximum atomic E-state index is 8.55. The normalized spacial score (nSPS) is 8.43. The average Bonchev–Trinajstić information content (AvgIpc) is 1.12. The molecule has 0 atom stereocenters. The summed E-state index contributed by atoms with van der Waals surface area (Å²) in [6.45, 7) is 0. The second-order valence-corrected chi connectivity index (χ2v) is 2.68. The van der Waals surface area contributed by atoms with E-state index < -0.39 is 15.6 Å². The molecule has 0 fully saturated rings. The fraction of sp³-hybridized carbons (Fsp3) is 0. The molecule has 0 aromatic carbocycles. The van der Waals surface area contributed by atoms with Gasteiger partial charge in [-0.15, -0.1) is 0 Å². The van der Waals surface area contributed by atoms with E-state index in [9.17, 15) is 0 Å². The first-order valence-corrected chi connectivity index (χ1v) is 4.38. The summed E-state index contributed by atoms with van der Waals surface area (Å²) in [6, 6.07) is 0. The van der Waals surface area contributed by atoms with Crippen molar-refractivity contribution in [3.8, 4) is 0 Å². The Morgan fingerprint density at radius 3 is 0.571 bits per heavy atom. The van der Waals surface area contributed by atoms with Crippen LogP contribution in [0, 0.1) is 0 Å². The zero-order chi connectivity index (χ0) is 9.00. The van der Waals surface area contributed by atoms with Gasteiger partial charge in [-0.3, -0.25) is 0 Å². The van der Waals surface area contributed by atoms with Crippen molar-refractivity contribution in [2.75, 3.05) is 0 Å². The van der Waals surface area contributed by atoms with Crippen molar-refractivity contribution >= 4 is 15.6 Å². The Labute approximate surface area is 111 Å². The third kappa shape index (κ3) is 738. The summed E-state index contributed by atoms with van der Waals surface area (Å²) in [5.41, 5.74) is 0. The van der Waals surface area contributed by atoms with E-state index in [1.54, 1.807) is 0 Å². The molecule has 0 aromatic rings. The molecule has 2 N–H and O–H groups in total. The molecule has 93 valence electrons. The van der Waals surface area contributed by atoms with Crippen molar-refractivity contribution in [1.29, 1.82) is 0 Å². The van der Waals surface area contributed by atoms with E-state index in [0.29, 0.717) is 0 Å². The molecular formula is H2Mn3O9P2-6. The van der Waals surface area contributed by atoms with Crippen LogP contribution in [0.25, 0.3) is 0 Å². The molecule has 0 aliphatic heterocycles. The summed E-state index contributed by atoms with van der Waals surface area (Å²) >= 11 is 0. The monoisotopic (exact) mass is 373 g/mol. The minimum atomic E-state index is -5.39. The maximum absolute atomic E-state index is 8.55. The number of rotatable bonds is 0. The standard InChI is InChI=1S/3Mn.2H3O4P.H2O/c;;;2*1-5(2,3)4;/h;;;2*(H3,1,2,3,4);1H2/p-6. The van der Waals surface area contributed by atoms with Gasteiger partial charge in [0.25, 0.3) is 0 Å². The van der Waals surface area contributed by atoms with Crippen LogP contribution in [0.5, 0.6) is 0 Å². The molecule has 14 heteroatoms. The largest absolute Gasteiger partial charge is 0.822 e. The Kier molecular flexibility index (Phi) is 37.9. The van der Waals surface area contributed by atoms with Gasteiger partial charge in [-0.05, 0) is 0 Å². The van der Waals surface area contributed by atoms with Gasteiger partial charge in [0.1, 0.15) is 0 Å². The molecule has 0 amide bonds. The fourth-order valence-corrected chi connectivity index (χ4v) is 0. The van der Waals surface area contributed by atoms with Crippen LogP contribution in [-0.4, -0.2) is 5.48 Å². The quantitative estimate of drug-likeness (QED) is 0.294. The first-order valence-electron chi connectivity index (χ1n) is 1.46. The Bertz CT molecular complexity index is 130. The third-order valence-electron chi connectivity index (χ3n) is 0. The Morgan fingerprint density at radius 2 is 0.571 bits per heavy atom. The van der Waals surface area contributed by atoms with Crippen molar-refractivity contribution in [2.24, 2.45) is 0 Å². The van der Waals surface area contributed by atoms with Crippen molar-refractivity contribution in [3.05, 3.63) is 0 Å². The van der Waals surface area contributed by atoms with Gasteiger partial charge in [-0.1, -0.05) is 0 Å². The number of hydrogen-bond acceptors (Lipinski definition) is 8. The van der Waals surface area contributed by atoms with E-state index in [-0.39, 0.29) is 56.7 Å². The Balaban J connectivity index is -0.0000000178. The van der Waals surface area contributed by atoms with Crippen LogP contribution in [0.2, 0.25) is 0 Å². The Morgan fingerprint density at radius 1 is 0.571 bits per heavy atom. The van der Waals surface area contributed by atoms with E-state index in [1.165, 1.54) is 0 Å². The molecule has 14 heavy (non-hydrogen) atoms. The van der Waals surface area contributed by atoms with Gasteiger partial charge in [-0.25, -0.2) is 0 Å². The van der Waals surface area contributed by atoms with Crippen molar-refractivity contribution in [2.45, 2.75) is 0 Å². The van der Waals surface area contributed by atoms with Crippen molar-refractivity contribution in [3.63, 3.8) is 0 Å². The fourth-order valence-electron chi connectivity index (χ4n) is 0. The summed E-state index contributed by atoms with van der Waals surface area (Å²) < 4.78 is 17.1. The van der Waals surface area contributed by atoms with Crippen LogP contribution in [0.3, 0.4) is 0 Å². The summed E-state index contributed by atoms with van der Waals surface area (Å²) in [5.74, 6) is 0. The molecule has 0 aromatic heterocycles. The predicted molar refractivity (Wildman–Crippen MR) is 18.8 cm³/mol. The zero-order valence-electron chi connectivity index (χ0n) is 5.79. The van der Waals surface area contributed by atoms with Crippen LogP contribution in [0.15, 0.2) is 0 Å². The summed E-state index contributed by atoms with van der Waals surface area (Å²) in [5, 5.41) is 0. The van der Waals surface area contributed by atoms with E-state index in [2.05, 4.69) is 0 Å². The van der Waals surface area contributed by atoms with Gasteiger partial charge >= 0.3 is 0 Å². The van der Waals surface area contributed by atoms with Gasteiger partial charge in [0, 0.05) is 51.2 Å². The SMILES string of the molecule is O.O=P([O-])([O-])[O-].O=P([O-])([O-])[O-].[Mn].[Mn].[Mn]. The molecule has 0 aliphatic rings. The predicted octanol–water partition coefficient (Wildman–Crippen LogP) is -6.48. The topological polar surface area (TPSA) is 204 Å². The van der Waals surface area contributed by atoms with Gasteiger partial charge in [0.05, 0.1) is 0 Å². The molecule has 9 nitrogen and oxygen atoms in total. The minimum Gasteiger partial charge on any atom is -0.822 e. The van der Waals surface area contributed by atoms with Crippen LogP contribution in [-0.2, 0) is 60.3 Å². The Hall–Kier alpha value is 1.74. The molecular weight excluding hydrogens is 371 g/mol. The van der Waals surface area contributed by atoms with Gasteiger partial charge in [0.15, 0.2) is 0 Å². The minimum absolute atomic E-state index is 0. The smallest absolute Gasteiger partial charge is 0 e. The number of hydrogen-bond donors (Lipinski definition) is 0. The summed E-state index contributed by atoms with van der Waals surface area (Å²) in [7, 11) is -10.8. The molecule has 0 spiro atoms. The van der Waals surface area contributed by atoms with Crippen LogP contribution >= 0.6 is 15.6 Å². The zero-order valence-corrected chi connectivity index (χ0v) is 11.1. The first-order chi connectivity index (χ1) is 4.00. The molecule has 3 radical (unpaired) electrons. The molecule has 0 aliphatic carbocycles. The van der Waals surface area contributed by atoms with Crippen LogP contribution in [0.1, 0.15) is 0 Å². The molecule has 0 unspecified atom stereocenters. The van der Waals surface area contributed by atoms with Gasteiger partial charge in [-0.2, -0.15) is 15.6 Å². The van der Waals surface area contributed by atoms with Gasteiger partial charge < -0.3 is 44.0 Å². The summed E-state index contributed by atoms with van der Waals surface area (Å²) in [4.78, 5) is 51.3. The van der Waals surface area contributed by atoms with E-state index in [1.807, 2.05) is 0 Å².